The van der Waals surface area contributed by atoms with Gasteiger partial charge >= 0.3 is 0 Å². The zero-order chi connectivity index (χ0) is 11.4. The number of anilines is 1. The van der Waals surface area contributed by atoms with E-state index < -0.39 is 5.92 Å². The second-order valence-corrected chi connectivity index (χ2v) is 3.30. The highest BCUT2D eigenvalue weighted by Crippen LogP contribution is 2.18. The Kier molecular flexibility index (Phi) is 3.45. The van der Waals surface area contributed by atoms with Crippen LogP contribution in [0.25, 0.3) is 0 Å². The molecule has 0 saturated heterocycles. The van der Waals surface area contributed by atoms with Gasteiger partial charge in [-0.25, -0.2) is 0 Å². The van der Waals surface area contributed by atoms with Gasteiger partial charge < -0.3 is 4.52 Å². The molecule has 0 aliphatic rings. The maximum atomic E-state index is 11.5. The lowest BCUT2D eigenvalue weighted by atomic mass is 10.1. The molecule has 0 fully saturated rings. The molecule has 0 saturated carbocycles. The number of carbonyl (C=O) groups excluding carboxylic acids is 1. The second-order valence-electron chi connectivity index (χ2n) is 3.30. The van der Waals surface area contributed by atoms with Gasteiger partial charge in [0.25, 0.3) is 0 Å². The molecule has 5 nitrogen and oxygen atoms in total. The van der Waals surface area contributed by atoms with Crippen LogP contribution in [0.5, 0.6) is 0 Å². The summed E-state index contributed by atoms with van der Waals surface area (Å²) in [5, 5.41) is 14.9. The van der Waals surface area contributed by atoms with Crippen LogP contribution in [-0.4, -0.2) is 11.1 Å². The molecule has 0 aromatic carbocycles. The van der Waals surface area contributed by atoms with Gasteiger partial charge in [-0.3, -0.25) is 10.1 Å². The van der Waals surface area contributed by atoms with E-state index in [0.29, 0.717) is 12.3 Å². The highest BCUT2D eigenvalue weighted by Gasteiger charge is 2.18. The van der Waals surface area contributed by atoms with Crippen LogP contribution in [0.15, 0.2) is 4.52 Å². The number of carbonyl (C=O) groups is 1. The minimum absolute atomic E-state index is 0.325. The Labute approximate surface area is 88.1 Å². The molecule has 1 atom stereocenters. The summed E-state index contributed by atoms with van der Waals surface area (Å²) in [6.07, 6.45) is 0.481. The van der Waals surface area contributed by atoms with E-state index in [4.69, 9.17) is 9.78 Å². The van der Waals surface area contributed by atoms with Crippen LogP contribution < -0.4 is 5.32 Å². The lowest BCUT2D eigenvalue weighted by Crippen LogP contribution is -2.21. The van der Waals surface area contributed by atoms with Gasteiger partial charge in [0.15, 0.2) is 0 Å². The van der Waals surface area contributed by atoms with Crippen LogP contribution >= 0.6 is 0 Å². The van der Waals surface area contributed by atoms with Gasteiger partial charge in [-0.1, -0.05) is 12.1 Å². The zero-order valence-electron chi connectivity index (χ0n) is 9.00. The molecular weight excluding hydrogens is 194 g/mol. The molecule has 1 rings (SSSR count). The number of aryl methyl sites for hydroxylation is 1. The van der Waals surface area contributed by atoms with Crippen molar-refractivity contribution in [3.05, 3.63) is 11.3 Å². The van der Waals surface area contributed by atoms with E-state index in [1.807, 2.05) is 6.07 Å². The third-order valence-corrected chi connectivity index (χ3v) is 2.27. The Bertz CT molecular complexity index is 403. The molecule has 0 aliphatic carbocycles. The van der Waals surface area contributed by atoms with E-state index in [-0.39, 0.29) is 5.91 Å². The van der Waals surface area contributed by atoms with Crippen LogP contribution in [0.3, 0.4) is 0 Å². The lowest BCUT2D eigenvalue weighted by molar-refractivity contribution is -0.118. The number of hydrogen-bond acceptors (Lipinski definition) is 4. The first-order valence-electron chi connectivity index (χ1n) is 4.73. The maximum Gasteiger partial charge on any atom is 0.244 e. The number of amides is 1. The van der Waals surface area contributed by atoms with E-state index in [1.54, 1.807) is 20.8 Å². The summed E-state index contributed by atoms with van der Waals surface area (Å²) in [5.41, 5.74) is 1.52. The molecule has 0 aliphatic heterocycles. The topological polar surface area (TPSA) is 78.9 Å². The van der Waals surface area contributed by atoms with Gasteiger partial charge in [-0.05, 0) is 20.3 Å². The molecule has 1 amide bonds. The first kappa shape index (κ1) is 11.2. The van der Waals surface area contributed by atoms with Crippen molar-refractivity contribution in [1.29, 1.82) is 5.26 Å². The van der Waals surface area contributed by atoms with Gasteiger partial charge in [0.2, 0.25) is 11.8 Å². The zero-order valence-corrected chi connectivity index (χ0v) is 9.00. The van der Waals surface area contributed by atoms with Crippen LogP contribution in [0.1, 0.15) is 24.6 Å². The van der Waals surface area contributed by atoms with Crippen molar-refractivity contribution < 1.29 is 9.32 Å². The summed E-state index contributed by atoms with van der Waals surface area (Å²) in [5.74, 6) is -0.666. The normalized spacial score (nSPS) is 11.9. The maximum absolute atomic E-state index is 11.5. The van der Waals surface area contributed by atoms with Crippen molar-refractivity contribution in [3.63, 3.8) is 0 Å². The van der Waals surface area contributed by atoms with Gasteiger partial charge in [0.1, 0.15) is 5.92 Å². The monoisotopic (exact) mass is 207 g/mol. The van der Waals surface area contributed by atoms with E-state index >= 15 is 0 Å². The summed E-state index contributed by atoms with van der Waals surface area (Å²) in [7, 11) is 0. The van der Waals surface area contributed by atoms with Crippen LogP contribution in [0.4, 0.5) is 5.88 Å². The van der Waals surface area contributed by atoms with Crippen LogP contribution in [-0.2, 0) is 4.79 Å². The number of nitrogens with one attached hydrogen (secondary N) is 1. The van der Waals surface area contributed by atoms with E-state index in [9.17, 15) is 4.79 Å². The third-order valence-electron chi connectivity index (χ3n) is 2.27. The Morgan fingerprint density at radius 3 is 2.73 bits per heavy atom. The molecule has 1 aromatic rings. The summed E-state index contributed by atoms with van der Waals surface area (Å²) in [4.78, 5) is 11.5. The Hall–Kier alpha value is -1.83. The number of nitriles is 1. The average Bonchev–Trinajstić information content (AvgIpc) is 2.52. The molecule has 1 aromatic heterocycles. The smallest absolute Gasteiger partial charge is 0.244 e. The van der Waals surface area contributed by atoms with Crippen LogP contribution in [0.2, 0.25) is 0 Å². The molecule has 1 N–H and O–H groups in total. The average molecular weight is 207 g/mol. The molecule has 0 radical (unpaired) electrons. The van der Waals surface area contributed by atoms with Crippen LogP contribution in [0, 0.1) is 31.1 Å². The summed E-state index contributed by atoms with van der Waals surface area (Å²) < 4.78 is 4.91. The first-order chi connectivity index (χ1) is 7.10. The predicted molar refractivity (Wildman–Crippen MR) is 54.0 cm³/mol. The molecule has 0 spiro atoms. The molecule has 1 heterocycles. The molecule has 1 unspecified atom stereocenters. The van der Waals surface area contributed by atoms with Crippen molar-refractivity contribution in [2.24, 2.45) is 5.92 Å². The standard InChI is InChI=1S/C10H13N3O2/c1-4-8(5-11)9(14)12-10-6(2)7(3)13-15-10/h8H,4H2,1-3H3,(H,12,14). The highest BCUT2D eigenvalue weighted by atomic mass is 16.5. The van der Waals surface area contributed by atoms with Gasteiger partial charge in [0.05, 0.1) is 11.8 Å². The predicted octanol–water partition coefficient (Wildman–Crippen LogP) is 1.78. The molecule has 15 heavy (non-hydrogen) atoms. The largest absolute Gasteiger partial charge is 0.338 e. The number of nitrogens with zero attached hydrogens (tertiary/aromatic N) is 2. The summed E-state index contributed by atoms with van der Waals surface area (Å²) in [6.45, 7) is 5.37. The Morgan fingerprint density at radius 1 is 1.67 bits per heavy atom. The molecular formula is C10H13N3O2. The molecule has 5 heteroatoms. The van der Waals surface area contributed by atoms with Crippen molar-refractivity contribution in [2.45, 2.75) is 27.2 Å². The van der Waals surface area contributed by atoms with Gasteiger partial charge in [0, 0.05) is 5.56 Å². The van der Waals surface area contributed by atoms with E-state index in [2.05, 4.69) is 10.5 Å². The Morgan fingerprint density at radius 2 is 2.33 bits per heavy atom. The first-order valence-corrected chi connectivity index (χ1v) is 4.73. The number of hydrogen-bond donors (Lipinski definition) is 1. The summed E-state index contributed by atoms with van der Waals surface area (Å²) in [6, 6.07) is 1.92. The summed E-state index contributed by atoms with van der Waals surface area (Å²) >= 11 is 0. The van der Waals surface area contributed by atoms with Gasteiger partial charge in [-0.15, -0.1) is 0 Å². The fourth-order valence-electron chi connectivity index (χ4n) is 1.07. The molecule has 0 bridgehead atoms. The van der Waals surface area contributed by atoms with Crippen molar-refractivity contribution >= 4 is 11.8 Å². The van der Waals surface area contributed by atoms with Crippen molar-refractivity contribution in [3.8, 4) is 6.07 Å². The fraction of sp³-hybridized carbons (Fsp3) is 0.500. The molecule has 80 valence electrons. The SMILES string of the molecule is CCC(C#N)C(=O)Nc1onc(C)c1C. The third kappa shape index (κ3) is 2.34. The number of rotatable bonds is 3. The highest BCUT2D eigenvalue weighted by molar-refractivity contribution is 5.93. The lowest BCUT2D eigenvalue weighted by Gasteiger charge is -2.05. The van der Waals surface area contributed by atoms with Crippen molar-refractivity contribution in [1.82, 2.24) is 5.16 Å². The Balaban J connectivity index is 2.75. The minimum Gasteiger partial charge on any atom is -0.338 e. The minimum atomic E-state index is -0.644. The quantitative estimate of drug-likeness (QED) is 0.819. The van der Waals surface area contributed by atoms with E-state index in [0.717, 1.165) is 11.3 Å². The number of aromatic nitrogens is 1. The van der Waals surface area contributed by atoms with Gasteiger partial charge in [-0.2, -0.15) is 5.26 Å². The second kappa shape index (κ2) is 4.60. The van der Waals surface area contributed by atoms with Crippen molar-refractivity contribution in [2.75, 3.05) is 5.32 Å². The van der Waals surface area contributed by atoms with E-state index in [1.165, 1.54) is 0 Å². The fourth-order valence-corrected chi connectivity index (χ4v) is 1.07.